The number of allylic oxidation sites excluding steroid dienone is 10. The van der Waals surface area contributed by atoms with Gasteiger partial charge in [-0.3, -0.25) is 4.79 Å². The van der Waals surface area contributed by atoms with Gasteiger partial charge in [-0.2, -0.15) is 0 Å². The van der Waals surface area contributed by atoms with Crippen LogP contribution in [0, 0.1) is 28.1 Å². The van der Waals surface area contributed by atoms with Crippen LogP contribution < -0.4 is 0 Å². The SMILES string of the molecule is CC(C)=C/C=C/C(C)=C/C=C/C(C)=C1\C(=O)C[C@H]2[C@]3(C)CC[C@@H](O)C(C)(C)[C@H]3CC[C@]12C. The zero-order valence-corrected chi connectivity index (χ0v) is 21.6. The number of carbonyl (C=O) groups excluding carboxylic acids is 1. The molecule has 0 aromatic rings. The Morgan fingerprint density at radius 3 is 2.22 bits per heavy atom. The quantitative estimate of drug-likeness (QED) is 0.365. The molecule has 0 aromatic carbocycles. The number of aliphatic hydroxyl groups is 1. The third-order valence-corrected chi connectivity index (χ3v) is 9.15. The topological polar surface area (TPSA) is 37.3 Å². The summed E-state index contributed by atoms with van der Waals surface area (Å²) in [5.41, 5.74) is 4.63. The molecule has 3 fully saturated rings. The van der Waals surface area contributed by atoms with Crippen LogP contribution in [-0.4, -0.2) is 17.0 Å². The van der Waals surface area contributed by atoms with Gasteiger partial charge in [-0.1, -0.05) is 75.3 Å². The fourth-order valence-electron chi connectivity index (χ4n) is 7.45. The molecule has 3 rings (SSSR count). The lowest BCUT2D eigenvalue weighted by molar-refractivity contribution is -0.157. The summed E-state index contributed by atoms with van der Waals surface area (Å²) in [6, 6.07) is 0. The van der Waals surface area contributed by atoms with Gasteiger partial charge in [0.15, 0.2) is 5.78 Å². The molecule has 0 bridgehead atoms. The summed E-state index contributed by atoms with van der Waals surface area (Å²) in [7, 11) is 0. The number of hydrogen-bond donors (Lipinski definition) is 1. The van der Waals surface area contributed by atoms with Gasteiger partial charge in [-0.05, 0) is 81.6 Å². The highest BCUT2D eigenvalue weighted by Gasteiger charge is 2.64. The number of fused-ring (bicyclic) bond motifs is 3. The van der Waals surface area contributed by atoms with E-state index in [1.54, 1.807) is 0 Å². The van der Waals surface area contributed by atoms with Crippen LogP contribution in [0.3, 0.4) is 0 Å². The lowest BCUT2D eigenvalue weighted by Crippen LogP contribution is -2.57. The molecule has 3 saturated carbocycles. The van der Waals surface area contributed by atoms with Gasteiger partial charge in [0.05, 0.1) is 6.10 Å². The summed E-state index contributed by atoms with van der Waals surface area (Å²) in [5.74, 6) is 1.18. The molecule has 0 radical (unpaired) electrons. The predicted octanol–water partition coefficient (Wildman–Crippen LogP) is 7.52. The lowest BCUT2D eigenvalue weighted by Gasteiger charge is -2.62. The van der Waals surface area contributed by atoms with Crippen LogP contribution in [0.5, 0.6) is 0 Å². The van der Waals surface area contributed by atoms with Gasteiger partial charge in [0, 0.05) is 17.4 Å². The van der Waals surface area contributed by atoms with E-state index in [1.807, 2.05) is 0 Å². The lowest BCUT2D eigenvalue weighted by atomic mass is 9.43. The van der Waals surface area contributed by atoms with E-state index in [0.29, 0.717) is 24.0 Å². The van der Waals surface area contributed by atoms with Crippen molar-refractivity contribution in [2.45, 2.75) is 93.6 Å². The summed E-state index contributed by atoms with van der Waals surface area (Å²) < 4.78 is 0. The molecule has 3 aliphatic carbocycles. The average Bonchev–Trinajstić information content (AvgIpc) is 2.96. The molecule has 0 spiro atoms. The highest BCUT2D eigenvalue weighted by molar-refractivity contribution is 6.00. The van der Waals surface area contributed by atoms with Crippen molar-refractivity contribution in [3.05, 3.63) is 58.7 Å². The average molecular weight is 437 g/mol. The van der Waals surface area contributed by atoms with E-state index >= 15 is 0 Å². The molecule has 0 aliphatic heterocycles. The molecule has 0 unspecified atom stereocenters. The van der Waals surface area contributed by atoms with Crippen molar-refractivity contribution in [3.8, 4) is 0 Å². The molecule has 2 heteroatoms. The molecule has 5 atom stereocenters. The fourth-order valence-corrected chi connectivity index (χ4v) is 7.45. The maximum atomic E-state index is 13.4. The van der Waals surface area contributed by atoms with E-state index in [0.717, 1.165) is 36.8 Å². The van der Waals surface area contributed by atoms with Crippen LogP contribution in [0.4, 0.5) is 0 Å². The highest BCUT2D eigenvalue weighted by atomic mass is 16.3. The summed E-state index contributed by atoms with van der Waals surface area (Å²) in [6.07, 6.45) is 17.1. The standard InChI is InChI=1S/C30H44O2/c1-20(2)11-9-12-21(3)13-10-14-22(4)27-23(31)19-25-29(7)18-16-26(32)28(5,6)24(29)15-17-30(25,27)8/h9-14,24-26,32H,15-19H2,1-8H3/b12-9+,14-10+,21-13+,27-22+/t24-,25+,26-,29-,30+/m1/s1. The van der Waals surface area contributed by atoms with Gasteiger partial charge in [0.1, 0.15) is 0 Å². The molecule has 1 N–H and O–H groups in total. The van der Waals surface area contributed by atoms with Gasteiger partial charge < -0.3 is 5.11 Å². The van der Waals surface area contributed by atoms with E-state index in [-0.39, 0.29) is 22.3 Å². The molecule has 0 aromatic heterocycles. The molecular weight excluding hydrogens is 392 g/mol. The molecule has 32 heavy (non-hydrogen) atoms. The number of ketones is 1. The van der Waals surface area contributed by atoms with Crippen LogP contribution in [0.25, 0.3) is 0 Å². The van der Waals surface area contributed by atoms with E-state index in [2.05, 4.69) is 91.8 Å². The Labute approximate surface area is 196 Å². The zero-order valence-electron chi connectivity index (χ0n) is 21.6. The Morgan fingerprint density at radius 1 is 0.906 bits per heavy atom. The molecule has 176 valence electrons. The van der Waals surface area contributed by atoms with Crippen molar-refractivity contribution >= 4 is 5.78 Å². The Hall–Kier alpha value is -1.67. The Balaban J connectivity index is 1.89. The van der Waals surface area contributed by atoms with Crippen molar-refractivity contribution in [1.82, 2.24) is 0 Å². The second-order valence-electron chi connectivity index (χ2n) is 12.0. The molecular formula is C30H44O2. The minimum Gasteiger partial charge on any atom is -0.393 e. The van der Waals surface area contributed by atoms with E-state index in [9.17, 15) is 9.90 Å². The van der Waals surface area contributed by atoms with Crippen molar-refractivity contribution in [3.63, 3.8) is 0 Å². The zero-order chi connectivity index (χ0) is 23.9. The third kappa shape index (κ3) is 4.28. The maximum absolute atomic E-state index is 13.4. The first-order chi connectivity index (χ1) is 14.8. The summed E-state index contributed by atoms with van der Waals surface area (Å²) in [4.78, 5) is 13.4. The van der Waals surface area contributed by atoms with Crippen LogP contribution in [0.15, 0.2) is 58.7 Å². The largest absolute Gasteiger partial charge is 0.393 e. The second-order valence-corrected chi connectivity index (χ2v) is 12.0. The highest BCUT2D eigenvalue weighted by Crippen LogP contribution is 2.69. The van der Waals surface area contributed by atoms with E-state index in [4.69, 9.17) is 0 Å². The van der Waals surface area contributed by atoms with Crippen LogP contribution >= 0.6 is 0 Å². The second kappa shape index (κ2) is 8.93. The molecule has 0 saturated heterocycles. The minimum atomic E-state index is -0.234. The van der Waals surface area contributed by atoms with Crippen molar-refractivity contribution in [2.75, 3.05) is 0 Å². The summed E-state index contributed by atoms with van der Waals surface area (Å²) >= 11 is 0. The predicted molar refractivity (Wildman–Crippen MR) is 135 cm³/mol. The minimum absolute atomic E-state index is 0.0583. The number of rotatable bonds is 4. The fraction of sp³-hybridized carbons (Fsp3) is 0.633. The molecule has 3 aliphatic rings. The van der Waals surface area contributed by atoms with Gasteiger partial charge in [-0.25, -0.2) is 0 Å². The van der Waals surface area contributed by atoms with E-state index < -0.39 is 0 Å². The molecule has 0 amide bonds. The Morgan fingerprint density at radius 2 is 1.56 bits per heavy atom. The smallest absolute Gasteiger partial charge is 0.160 e. The normalized spacial score (nSPS) is 38.7. The summed E-state index contributed by atoms with van der Waals surface area (Å²) in [5, 5.41) is 10.7. The van der Waals surface area contributed by atoms with Crippen LogP contribution in [0.2, 0.25) is 0 Å². The third-order valence-electron chi connectivity index (χ3n) is 9.15. The first kappa shape index (κ1) is 25.0. The van der Waals surface area contributed by atoms with Gasteiger partial charge in [0.2, 0.25) is 0 Å². The molecule has 2 nitrogen and oxygen atoms in total. The molecule has 0 heterocycles. The van der Waals surface area contributed by atoms with Gasteiger partial charge in [0.25, 0.3) is 0 Å². The number of aliphatic hydroxyl groups excluding tert-OH is 1. The van der Waals surface area contributed by atoms with Crippen molar-refractivity contribution in [2.24, 2.45) is 28.1 Å². The monoisotopic (exact) mass is 436 g/mol. The summed E-state index contributed by atoms with van der Waals surface area (Å²) in [6.45, 7) is 17.6. The van der Waals surface area contributed by atoms with Crippen LogP contribution in [-0.2, 0) is 4.79 Å². The van der Waals surface area contributed by atoms with Crippen molar-refractivity contribution < 1.29 is 9.90 Å². The van der Waals surface area contributed by atoms with Crippen LogP contribution in [0.1, 0.15) is 87.5 Å². The first-order valence-corrected chi connectivity index (χ1v) is 12.4. The van der Waals surface area contributed by atoms with Gasteiger partial charge >= 0.3 is 0 Å². The Kier molecular flexibility index (Phi) is 6.97. The number of Topliss-reactive ketones (excluding diaryl/α,β-unsaturated/α-hetero) is 1. The Bertz CT molecular complexity index is 905. The number of hydrogen-bond acceptors (Lipinski definition) is 2. The van der Waals surface area contributed by atoms with E-state index in [1.165, 1.54) is 11.1 Å². The van der Waals surface area contributed by atoms with Gasteiger partial charge in [-0.15, -0.1) is 0 Å². The number of carbonyl (C=O) groups is 1. The first-order valence-electron chi connectivity index (χ1n) is 12.4. The maximum Gasteiger partial charge on any atom is 0.160 e. The van der Waals surface area contributed by atoms with Crippen molar-refractivity contribution in [1.29, 1.82) is 0 Å².